The van der Waals surface area contributed by atoms with Crippen molar-refractivity contribution in [2.24, 2.45) is 0 Å². The Balaban J connectivity index is 2.26. The maximum atomic E-state index is 11.6. The summed E-state index contributed by atoms with van der Waals surface area (Å²) >= 11 is 0.859. The van der Waals surface area contributed by atoms with E-state index >= 15 is 0 Å². The van der Waals surface area contributed by atoms with Crippen LogP contribution >= 0.6 is 11.8 Å². The maximum Gasteiger partial charge on any atom is 0.396 e. The van der Waals surface area contributed by atoms with Crippen LogP contribution in [0.2, 0.25) is 0 Å². The van der Waals surface area contributed by atoms with Crippen LogP contribution in [-0.4, -0.2) is 42.4 Å². The molecule has 21 heavy (non-hydrogen) atoms. The van der Waals surface area contributed by atoms with Gasteiger partial charge in [0.15, 0.2) is 9.84 Å². The third-order valence-electron chi connectivity index (χ3n) is 2.18. The number of nitrogens with zero attached hydrogens (tertiary/aromatic N) is 3. The van der Waals surface area contributed by atoms with Crippen LogP contribution in [0.4, 0.5) is 0 Å². The molecule has 0 aromatic carbocycles. The number of esters is 1. The molecule has 2 rings (SSSR count). The SMILES string of the molecule is CCOC(=O)c1nnc(Sc2ncccc2S(C)(=O)=O)o1. The second-order valence-corrected chi connectivity index (χ2v) is 6.70. The molecule has 8 nitrogen and oxygen atoms in total. The van der Waals surface area contributed by atoms with Gasteiger partial charge in [-0.2, -0.15) is 0 Å². The number of carbonyl (C=O) groups excluding carboxylic acids is 1. The van der Waals surface area contributed by atoms with Gasteiger partial charge < -0.3 is 9.15 Å². The predicted octanol–water partition coefficient (Wildman–Crippen LogP) is 1.20. The van der Waals surface area contributed by atoms with E-state index in [1.807, 2.05) is 0 Å². The van der Waals surface area contributed by atoms with Crippen molar-refractivity contribution in [3.63, 3.8) is 0 Å². The third kappa shape index (κ3) is 3.79. The lowest BCUT2D eigenvalue weighted by atomic mass is 10.5. The molecule has 0 saturated carbocycles. The van der Waals surface area contributed by atoms with Gasteiger partial charge in [0.2, 0.25) is 0 Å². The van der Waals surface area contributed by atoms with Crippen LogP contribution < -0.4 is 0 Å². The lowest BCUT2D eigenvalue weighted by Crippen LogP contribution is -2.04. The number of hydrogen-bond acceptors (Lipinski definition) is 9. The van der Waals surface area contributed by atoms with Gasteiger partial charge in [0.1, 0.15) is 5.03 Å². The quantitative estimate of drug-likeness (QED) is 0.746. The molecule has 10 heteroatoms. The number of hydrogen-bond donors (Lipinski definition) is 0. The Kier molecular flexibility index (Phi) is 4.58. The molecule has 0 aliphatic rings. The minimum Gasteiger partial charge on any atom is -0.459 e. The topological polar surface area (TPSA) is 112 Å². The maximum absolute atomic E-state index is 11.6. The normalized spacial score (nSPS) is 11.3. The smallest absolute Gasteiger partial charge is 0.396 e. The van der Waals surface area contributed by atoms with E-state index in [1.165, 1.54) is 18.3 Å². The third-order valence-corrected chi connectivity index (χ3v) is 4.29. The van der Waals surface area contributed by atoms with Crippen molar-refractivity contribution in [2.75, 3.05) is 12.9 Å². The lowest BCUT2D eigenvalue weighted by molar-refractivity contribution is 0.0475. The molecule has 2 aromatic heterocycles. The summed E-state index contributed by atoms with van der Waals surface area (Å²) < 4.78 is 33.1. The zero-order chi connectivity index (χ0) is 15.5. The van der Waals surface area contributed by atoms with Gasteiger partial charge in [-0.25, -0.2) is 18.2 Å². The Bertz CT molecular complexity index is 757. The van der Waals surface area contributed by atoms with Gasteiger partial charge in [-0.1, -0.05) is 5.10 Å². The molecule has 0 bridgehead atoms. The molecular formula is C11H11N3O5S2. The average Bonchev–Trinajstić information content (AvgIpc) is 2.87. The van der Waals surface area contributed by atoms with E-state index in [1.54, 1.807) is 6.92 Å². The van der Waals surface area contributed by atoms with E-state index in [9.17, 15) is 13.2 Å². The molecule has 0 N–H and O–H groups in total. The van der Waals surface area contributed by atoms with Crippen LogP contribution in [-0.2, 0) is 14.6 Å². The van der Waals surface area contributed by atoms with Gasteiger partial charge in [-0.3, -0.25) is 0 Å². The summed E-state index contributed by atoms with van der Waals surface area (Å²) in [5.41, 5.74) is 0. The molecule has 112 valence electrons. The van der Waals surface area contributed by atoms with Crippen LogP contribution in [0.1, 0.15) is 17.6 Å². The van der Waals surface area contributed by atoms with Gasteiger partial charge in [0, 0.05) is 12.5 Å². The first kappa shape index (κ1) is 15.4. The summed E-state index contributed by atoms with van der Waals surface area (Å²) in [6.45, 7) is 1.83. The minimum atomic E-state index is -3.44. The van der Waals surface area contributed by atoms with Gasteiger partial charge in [-0.05, 0) is 30.8 Å². The molecule has 0 spiro atoms. The van der Waals surface area contributed by atoms with Crippen LogP contribution in [0.5, 0.6) is 0 Å². The molecule has 0 aliphatic heterocycles. The van der Waals surface area contributed by atoms with E-state index < -0.39 is 15.8 Å². The van der Waals surface area contributed by atoms with Crippen molar-refractivity contribution in [1.82, 2.24) is 15.2 Å². The monoisotopic (exact) mass is 329 g/mol. The van der Waals surface area contributed by atoms with E-state index in [2.05, 4.69) is 15.2 Å². The number of aromatic nitrogens is 3. The minimum absolute atomic E-state index is 0.00153. The van der Waals surface area contributed by atoms with Crippen molar-refractivity contribution < 1.29 is 22.4 Å². The molecule has 2 heterocycles. The molecule has 0 fully saturated rings. The highest BCUT2D eigenvalue weighted by molar-refractivity contribution is 8.00. The van der Waals surface area contributed by atoms with E-state index in [0.717, 1.165) is 18.0 Å². The molecule has 0 unspecified atom stereocenters. The second-order valence-electron chi connectivity index (χ2n) is 3.77. The summed E-state index contributed by atoms with van der Waals surface area (Å²) in [6.07, 6.45) is 2.52. The van der Waals surface area contributed by atoms with Gasteiger partial charge in [-0.15, -0.1) is 5.10 Å². The highest BCUT2D eigenvalue weighted by Crippen LogP contribution is 2.29. The Labute approximate surface area is 124 Å². The van der Waals surface area contributed by atoms with E-state index in [4.69, 9.17) is 9.15 Å². The standard InChI is InChI=1S/C11H11N3O5S2/c1-3-18-10(15)8-13-14-11(19-8)20-9-7(21(2,16)17)5-4-6-12-9/h4-6H,3H2,1-2H3. The van der Waals surface area contributed by atoms with Crippen LogP contribution in [0.3, 0.4) is 0 Å². The molecular weight excluding hydrogens is 318 g/mol. The number of carbonyl (C=O) groups is 1. The zero-order valence-corrected chi connectivity index (χ0v) is 12.8. The van der Waals surface area contributed by atoms with Crippen LogP contribution in [0.25, 0.3) is 0 Å². The Hall–Kier alpha value is -1.94. The Morgan fingerprint density at radius 3 is 2.86 bits per heavy atom. The van der Waals surface area contributed by atoms with Crippen LogP contribution in [0.15, 0.2) is 37.9 Å². The van der Waals surface area contributed by atoms with Crippen molar-refractivity contribution in [3.8, 4) is 0 Å². The second kappa shape index (κ2) is 6.22. The summed E-state index contributed by atoms with van der Waals surface area (Å²) in [7, 11) is -3.44. The highest BCUT2D eigenvalue weighted by Gasteiger charge is 2.20. The van der Waals surface area contributed by atoms with Gasteiger partial charge in [0.05, 0.1) is 11.5 Å². The van der Waals surface area contributed by atoms with Crippen molar-refractivity contribution in [1.29, 1.82) is 0 Å². The van der Waals surface area contributed by atoms with E-state index in [-0.39, 0.29) is 27.6 Å². The Morgan fingerprint density at radius 2 is 2.19 bits per heavy atom. The summed E-state index contributed by atoms with van der Waals surface area (Å²) in [6, 6.07) is 2.94. The number of sulfone groups is 1. The fraction of sp³-hybridized carbons (Fsp3) is 0.273. The molecule has 0 radical (unpaired) electrons. The first-order chi connectivity index (χ1) is 9.91. The fourth-order valence-corrected chi connectivity index (χ4v) is 3.27. The zero-order valence-electron chi connectivity index (χ0n) is 11.1. The molecule has 0 amide bonds. The summed E-state index contributed by atoms with van der Waals surface area (Å²) in [4.78, 5) is 15.4. The van der Waals surface area contributed by atoms with Crippen molar-refractivity contribution in [2.45, 2.75) is 22.1 Å². The number of ether oxygens (including phenoxy) is 1. The fourth-order valence-electron chi connectivity index (χ4n) is 1.34. The molecule has 0 atom stereocenters. The molecule has 2 aromatic rings. The van der Waals surface area contributed by atoms with E-state index in [0.29, 0.717) is 0 Å². The Morgan fingerprint density at radius 1 is 1.43 bits per heavy atom. The highest BCUT2D eigenvalue weighted by atomic mass is 32.2. The molecule has 0 aliphatic carbocycles. The first-order valence-electron chi connectivity index (χ1n) is 5.75. The summed E-state index contributed by atoms with van der Waals surface area (Å²) in [5, 5.41) is 7.38. The number of rotatable bonds is 5. The first-order valence-corrected chi connectivity index (χ1v) is 8.46. The van der Waals surface area contributed by atoms with Gasteiger partial charge >= 0.3 is 11.9 Å². The largest absolute Gasteiger partial charge is 0.459 e. The van der Waals surface area contributed by atoms with Crippen LogP contribution in [0, 0.1) is 0 Å². The summed E-state index contributed by atoms with van der Waals surface area (Å²) in [5.74, 6) is -1.03. The van der Waals surface area contributed by atoms with Crippen molar-refractivity contribution >= 4 is 27.6 Å². The average molecular weight is 329 g/mol. The molecule has 0 saturated heterocycles. The lowest BCUT2D eigenvalue weighted by Gasteiger charge is -2.02. The number of pyridine rings is 1. The van der Waals surface area contributed by atoms with Gasteiger partial charge in [0.25, 0.3) is 5.22 Å². The van der Waals surface area contributed by atoms with Crippen molar-refractivity contribution in [3.05, 3.63) is 24.2 Å². The predicted molar refractivity (Wildman–Crippen MR) is 71.7 cm³/mol.